The fourth-order valence-electron chi connectivity index (χ4n) is 5.09. The maximum absolute atomic E-state index is 12.9. The molecule has 1 N–H and O–H groups in total. The van der Waals surface area contributed by atoms with Gasteiger partial charge in [-0.25, -0.2) is 4.79 Å². The zero-order chi connectivity index (χ0) is 26.7. The minimum atomic E-state index is -4.35. The first-order valence-corrected chi connectivity index (χ1v) is 12.2. The molecule has 37 heavy (non-hydrogen) atoms. The van der Waals surface area contributed by atoms with E-state index < -0.39 is 17.7 Å². The molecule has 8 heteroatoms. The van der Waals surface area contributed by atoms with Crippen molar-refractivity contribution in [3.8, 4) is 0 Å². The molecule has 1 aliphatic carbocycles. The highest BCUT2D eigenvalue weighted by molar-refractivity contribution is 5.94. The zero-order valence-corrected chi connectivity index (χ0v) is 20.9. The second-order valence-corrected chi connectivity index (χ2v) is 9.77. The van der Waals surface area contributed by atoms with E-state index in [4.69, 9.17) is 4.74 Å². The molecule has 1 heterocycles. The standard InChI is InChI=1S/C29H29F3N2O3/c1-17(2)25-21(12-18-6-10-24(11-7-18)29(30,31)32)13-22-14-23(16-33-26(22)25)27(35)34-15-19-4-8-20(9-5-19)28(36)37-3/h4-11,14,16-17,21,25H,12-13,15H2,1-3H3,(H,34,35)/t21?,25-/m1/s1. The van der Waals surface area contributed by atoms with E-state index in [1.165, 1.54) is 7.11 Å². The molecule has 1 aromatic heterocycles. The zero-order valence-electron chi connectivity index (χ0n) is 20.9. The van der Waals surface area contributed by atoms with Crippen LogP contribution in [0.15, 0.2) is 60.8 Å². The number of hydrogen-bond donors (Lipinski definition) is 1. The Bertz CT molecular complexity index is 1270. The lowest BCUT2D eigenvalue weighted by Gasteiger charge is -2.23. The highest BCUT2D eigenvalue weighted by Gasteiger charge is 2.36. The summed E-state index contributed by atoms with van der Waals surface area (Å²) in [6.07, 6.45) is -1.41. The van der Waals surface area contributed by atoms with Gasteiger partial charge < -0.3 is 10.1 Å². The molecule has 0 spiro atoms. The van der Waals surface area contributed by atoms with E-state index in [1.807, 2.05) is 6.07 Å². The number of esters is 1. The van der Waals surface area contributed by atoms with Gasteiger partial charge >= 0.3 is 12.1 Å². The molecule has 0 fully saturated rings. The number of benzene rings is 2. The summed E-state index contributed by atoms with van der Waals surface area (Å²) in [5, 5.41) is 2.88. The number of amides is 1. The van der Waals surface area contributed by atoms with Crippen LogP contribution in [0.3, 0.4) is 0 Å². The van der Waals surface area contributed by atoms with Gasteiger partial charge in [0.2, 0.25) is 0 Å². The number of fused-ring (bicyclic) bond motifs is 1. The minimum Gasteiger partial charge on any atom is -0.465 e. The average molecular weight is 511 g/mol. The Kier molecular flexibility index (Phi) is 7.66. The van der Waals surface area contributed by atoms with E-state index >= 15 is 0 Å². The first-order valence-electron chi connectivity index (χ1n) is 12.2. The van der Waals surface area contributed by atoms with Crippen molar-refractivity contribution in [1.82, 2.24) is 10.3 Å². The van der Waals surface area contributed by atoms with Gasteiger partial charge in [0.15, 0.2) is 0 Å². The number of carbonyl (C=O) groups is 2. The quantitative estimate of drug-likeness (QED) is 0.398. The van der Waals surface area contributed by atoms with Crippen molar-refractivity contribution in [3.05, 3.63) is 99.9 Å². The third-order valence-corrected chi connectivity index (χ3v) is 6.89. The van der Waals surface area contributed by atoms with E-state index in [0.717, 1.165) is 34.5 Å². The molecule has 0 radical (unpaired) electrons. The monoisotopic (exact) mass is 510 g/mol. The van der Waals surface area contributed by atoms with Crippen molar-refractivity contribution in [3.63, 3.8) is 0 Å². The van der Waals surface area contributed by atoms with E-state index in [1.54, 1.807) is 42.6 Å². The first kappa shape index (κ1) is 26.4. The molecular weight excluding hydrogens is 481 g/mol. The summed E-state index contributed by atoms with van der Waals surface area (Å²) in [4.78, 5) is 29.0. The van der Waals surface area contributed by atoms with Gasteiger partial charge in [-0.15, -0.1) is 0 Å². The predicted octanol–water partition coefficient (Wildman–Crippen LogP) is 5.97. The molecular formula is C29H29F3N2O3. The molecule has 1 unspecified atom stereocenters. The summed E-state index contributed by atoms with van der Waals surface area (Å²) >= 11 is 0. The molecule has 1 aliphatic rings. The maximum Gasteiger partial charge on any atom is 0.416 e. The Hall–Kier alpha value is -3.68. The molecule has 5 nitrogen and oxygen atoms in total. The fourth-order valence-corrected chi connectivity index (χ4v) is 5.09. The third-order valence-electron chi connectivity index (χ3n) is 6.89. The van der Waals surface area contributed by atoms with E-state index in [-0.39, 0.29) is 17.7 Å². The number of aromatic nitrogens is 1. The van der Waals surface area contributed by atoms with Crippen LogP contribution in [0.25, 0.3) is 0 Å². The largest absolute Gasteiger partial charge is 0.465 e. The minimum absolute atomic E-state index is 0.155. The van der Waals surface area contributed by atoms with Crippen molar-refractivity contribution >= 4 is 11.9 Å². The number of hydrogen-bond acceptors (Lipinski definition) is 4. The van der Waals surface area contributed by atoms with Gasteiger partial charge in [-0.1, -0.05) is 38.1 Å². The van der Waals surface area contributed by atoms with Crippen LogP contribution in [0, 0.1) is 11.8 Å². The number of carbonyl (C=O) groups excluding carboxylic acids is 2. The van der Waals surface area contributed by atoms with Crippen molar-refractivity contribution in [1.29, 1.82) is 0 Å². The molecule has 0 aliphatic heterocycles. The number of alkyl halides is 3. The second kappa shape index (κ2) is 10.7. The van der Waals surface area contributed by atoms with Crippen LogP contribution in [0.1, 0.15) is 68.4 Å². The highest BCUT2D eigenvalue weighted by atomic mass is 19.4. The Balaban J connectivity index is 1.44. The van der Waals surface area contributed by atoms with Gasteiger partial charge in [-0.2, -0.15) is 13.2 Å². The van der Waals surface area contributed by atoms with Crippen molar-refractivity contribution in [2.24, 2.45) is 11.8 Å². The van der Waals surface area contributed by atoms with Crippen molar-refractivity contribution in [2.75, 3.05) is 7.11 Å². The highest BCUT2D eigenvalue weighted by Crippen LogP contribution is 2.43. The van der Waals surface area contributed by atoms with Crippen LogP contribution in [0.4, 0.5) is 13.2 Å². The number of methoxy groups -OCH3 is 1. The van der Waals surface area contributed by atoms with Gasteiger partial charge in [0.05, 0.1) is 23.8 Å². The Morgan fingerprint density at radius 2 is 1.68 bits per heavy atom. The lowest BCUT2D eigenvalue weighted by molar-refractivity contribution is -0.137. The summed E-state index contributed by atoms with van der Waals surface area (Å²) in [7, 11) is 1.32. The van der Waals surface area contributed by atoms with Gasteiger partial charge in [0, 0.05) is 24.4 Å². The van der Waals surface area contributed by atoms with Crippen LogP contribution in [0.5, 0.6) is 0 Å². The number of nitrogens with zero attached hydrogens (tertiary/aromatic N) is 1. The van der Waals surface area contributed by atoms with Crippen LogP contribution in [-0.2, 0) is 30.3 Å². The Morgan fingerprint density at radius 3 is 2.27 bits per heavy atom. The fraction of sp³-hybridized carbons (Fsp3) is 0.345. The summed E-state index contributed by atoms with van der Waals surface area (Å²) in [6.45, 7) is 4.53. The van der Waals surface area contributed by atoms with Crippen LogP contribution < -0.4 is 5.32 Å². The van der Waals surface area contributed by atoms with Crippen molar-refractivity contribution in [2.45, 2.75) is 45.3 Å². The van der Waals surface area contributed by atoms with Gasteiger partial charge in [-0.05, 0) is 71.7 Å². The van der Waals surface area contributed by atoms with E-state index in [0.29, 0.717) is 36.4 Å². The molecule has 1 amide bonds. The average Bonchev–Trinajstić information content (AvgIpc) is 3.24. The van der Waals surface area contributed by atoms with Crippen LogP contribution in [0.2, 0.25) is 0 Å². The molecule has 2 aromatic carbocycles. The first-order chi connectivity index (χ1) is 17.6. The van der Waals surface area contributed by atoms with Crippen LogP contribution >= 0.6 is 0 Å². The maximum atomic E-state index is 12.9. The predicted molar refractivity (Wildman–Crippen MR) is 133 cm³/mol. The molecule has 0 saturated heterocycles. The topological polar surface area (TPSA) is 68.3 Å². The van der Waals surface area contributed by atoms with Gasteiger partial charge in [0.25, 0.3) is 5.91 Å². The summed E-state index contributed by atoms with van der Waals surface area (Å²) < 4.78 is 43.5. The molecule has 194 valence electrons. The SMILES string of the molecule is COC(=O)c1ccc(CNC(=O)c2cnc3c(c2)CC(Cc2ccc(C(F)(F)F)cc2)[C@H]3C(C)C)cc1. The molecule has 0 bridgehead atoms. The Labute approximate surface area is 214 Å². The van der Waals surface area contributed by atoms with Gasteiger partial charge in [-0.3, -0.25) is 9.78 Å². The normalized spacial score (nSPS) is 16.9. The Morgan fingerprint density at radius 1 is 1.03 bits per heavy atom. The number of pyridine rings is 1. The summed E-state index contributed by atoms with van der Waals surface area (Å²) in [6, 6.07) is 14.0. The van der Waals surface area contributed by atoms with Crippen LogP contribution in [-0.4, -0.2) is 24.0 Å². The number of nitrogens with one attached hydrogen (secondary N) is 1. The lowest BCUT2D eigenvalue weighted by atomic mass is 9.81. The van der Waals surface area contributed by atoms with E-state index in [9.17, 15) is 22.8 Å². The molecule has 3 aromatic rings. The number of rotatable bonds is 7. The third kappa shape index (κ3) is 6.01. The number of halogens is 3. The molecule has 0 saturated carbocycles. The smallest absolute Gasteiger partial charge is 0.416 e. The van der Waals surface area contributed by atoms with Gasteiger partial charge in [0.1, 0.15) is 0 Å². The molecule has 2 atom stereocenters. The lowest BCUT2D eigenvalue weighted by Crippen LogP contribution is -2.23. The second-order valence-electron chi connectivity index (χ2n) is 9.77. The number of ether oxygens (including phenoxy) is 1. The van der Waals surface area contributed by atoms with Crippen molar-refractivity contribution < 1.29 is 27.5 Å². The summed E-state index contributed by atoms with van der Waals surface area (Å²) in [5.74, 6) is -0.0369. The van der Waals surface area contributed by atoms with E-state index in [2.05, 4.69) is 24.1 Å². The summed E-state index contributed by atoms with van der Waals surface area (Å²) in [5.41, 5.74) is 3.91. The molecule has 4 rings (SSSR count).